The molecular weight excluding hydrogens is 286 g/mol. The molecule has 114 valence electrons. The van der Waals surface area contributed by atoms with Crippen LogP contribution in [0.3, 0.4) is 0 Å². The lowest BCUT2D eigenvalue weighted by Crippen LogP contribution is -2.27. The largest absolute Gasteiger partial charge is 0.316 e. The van der Waals surface area contributed by atoms with Gasteiger partial charge in [0.2, 0.25) is 0 Å². The molecule has 0 fully saturated rings. The second kappa shape index (κ2) is 8.10. The van der Waals surface area contributed by atoms with Gasteiger partial charge in [-0.05, 0) is 54.8 Å². The van der Waals surface area contributed by atoms with Crippen LogP contribution in [-0.2, 0) is 19.9 Å². The van der Waals surface area contributed by atoms with Gasteiger partial charge in [0, 0.05) is 11.4 Å². The van der Waals surface area contributed by atoms with E-state index < -0.39 is 0 Å². The van der Waals surface area contributed by atoms with Crippen molar-refractivity contribution in [1.29, 1.82) is 0 Å². The van der Waals surface area contributed by atoms with Crippen molar-refractivity contribution in [1.82, 2.24) is 25.5 Å². The van der Waals surface area contributed by atoms with E-state index in [0.29, 0.717) is 5.92 Å². The number of benzene rings is 1. The van der Waals surface area contributed by atoms with Crippen LogP contribution in [0.1, 0.15) is 24.7 Å². The predicted molar refractivity (Wildman–Crippen MR) is 84.3 cm³/mol. The maximum Gasteiger partial charge on any atom is 0.175 e. The fourth-order valence-corrected chi connectivity index (χ4v) is 2.44. The van der Waals surface area contributed by atoms with Gasteiger partial charge in [-0.15, -0.1) is 10.2 Å². The average molecular weight is 308 g/mol. The van der Waals surface area contributed by atoms with Crippen LogP contribution in [0.4, 0.5) is 0 Å². The standard InChI is InChI=1S/C15H22ClN5/c1-3-8-17-11-13(10-15-18-20-21(2)19-15)9-12-4-6-14(16)7-5-12/h4-7,13,17H,3,8-11H2,1-2H3. The molecule has 1 atom stereocenters. The van der Waals surface area contributed by atoms with Crippen molar-refractivity contribution < 1.29 is 0 Å². The summed E-state index contributed by atoms with van der Waals surface area (Å²) >= 11 is 5.94. The van der Waals surface area contributed by atoms with E-state index in [1.54, 1.807) is 7.05 Å². The summed E-state index contributed by atoms with van der Waals surface area (Å²) in [4.78, 5) is 1.51. The van der Waals surface area contributed by atoms with Crippen molar-refractivity contribution in [3.05, 3.63) is 40.7 Å². The third-order valence-corrected chi connectivity index (χ3v) is 3.57. The summed E-state index contributed by atoms with van der Waals surface area (Å²) in [6.45, 7) is 4.16. The minimum absolute atomic E-state index is 0.446. The van der Waals surface area contributed by atoms with E-state index in [0.717, 1.165) is 43.2 Å². The Morgan fingerprint density at radius 1 is 1.24 bits per heavy atom. The van der Waals surface area contributed by atoms with Crippen LogP contribution in [0.5, 0.6) is 0 Å². The number of aromatic nitrogens is 4. The van der Waals surface area contributed by atoms with Gasteiger partial charge in [-0.25, -0.2) is 0 Å². The second-order valence-corrected chi connectivity index (χ2v) is 5.74. The van der Waals surface area contributed by atoms with Gasteiger partial charge in [-0.3, -0.25) is 0 Å². The molecule has 1 unspecified atom stereocenters. The minimum atomic E-state index is 0.446. The Balaban J connectivity index is 1.98. The Morgan fingerprint density at radius 2 is 2.00 bits per heavy atom. The van der Waals surface area contributed by atoms with Gasteiger partial charge in [0.25, 0.3) is 0 Å². The van der Waals surface area contributed by atoms with E-state index in [4.69, 9.17) is 11.6 Å². The second-order valence-electron chi connectivity index (χ2n) is 5.30. The zero-order chi connectivity index (χ0) is 15.1. The summed E-state index contributed by atoms with van der Waals surface area (Å²) in [5.74, 6) is 1.25. The van der Waals surface area contributed by atoms with Crippen molar-refractivity contribution in [2.45, 2.75) is 26.2 Å². The average Bonchev–Trinajstić information content (AvgIpc) is 2.87. The van der Waals surface area contributed by atoms with Crippen LogP contribution in [-0.4, -0.2) is 33.3 Å². The molecule has 21 heavy (non-hydrogen) atoms. The van der Waals surface area contributed by atoms with E-state index in [9.17, 15) is 0 Å². The number of tetrazole rings is 1. The molecule has 1 aromatic carbocycles. The quantitative estimate of drug-likeness (QED) is 0.760. The van der Waals surface area contributed by atoms with Crippen molar-refractivity contribution >= 4 is 11.6 Å². The van der Waals surface area contributed by atoms with Crippen molar-refractivity contribution in [3.8, 4) is 0 Å². The SMILES string of the molecule is CCCNCC(Cc1ccc(Cl)cc1)Cc1nnn(C)n1. The number of hydrogen-bond donors (Lipinski definition) is 1. The maximum atomic E-state index is 5.94. The predicted octanol–water partition coefficient (Wildman–Crippen LogP) is 2.26. The minimum Gasteiger partial charge on any atom is -0.316 e. The summed E-state index contributed by atoms with van der Waals surface area (Å²) in [5.41, 5.74) is 1.28. The highest BCUT2D eigenvalue weighted by Gasteiger charge is 2.14. The van der Waals surface area contributed by atoms with Crippen LogP contribution in [0, 0.1) is 5.92 Å². The highest BCUT2D eigenvalue weighted by Crippen LogP contribution is 2.15. The summed E-state index contributed by atoms with van der Waals surface area (Å²) in [7, 11) is 1.79. The molecule has 5 nitrogen and oxygen atoms in total. The molecule has 0 aliphatic rings. The Labute approximate surface area is 130 Å². The van der Waals surface area contributed by atoms with Crippen LogP contribution >= 0.6 is 11.6 Å². The molecule has 0 spiro atoms. The molecule has 1 N–H and O–H groups in total. The molecule has 1 heterocycles. The Hall–Kier alpha value is -1.46. The first-order valence-corrected chi connectivity index (χ1v) is 7.73. The van der Waals surface area contributed by atoms with Crippen molar-refractivity contribution in [2.24, 2.45) is 13.0 Å². The number of nitrogens with one attached hydrogen (secondary N) is 1. The van der Waals surface area contributed by atoms with Gasteiger partial charge in [0.1, 0.15) is 0 Å². The molecule has 0 aliphatic heterocycles. The lowest BCUT2D eigenvalue weighted by Gasteiger charge is -2.16. The Kier molecular flexibility index (Phi) is 6.14. The summed E-state index contributed by atoms with van der Waals surface area (Å²) in [5, 5.41) is 16.5. The topological polar surface area (TPSA) is 55.6 Å². The zero-order valence-electron chi connectivity index (χ0n) is 12.6. The lowest BCUT2D eigenvalue weighted by atomic mass is 9.95. The molecule has 0 bridgehead atoms. The van der Waals surface area contributed by atoms with Gasteiger partial charge >= 0.3 is 0 Å². The highest BCUT2D eigenvalue weighted by atomic mass is 35.5. The van der Waals surface area contributed by atoms with Crippen LogP contribution < -0.4 is 5.32 Å². The summed E-state index contributed by atoms with van der Waals surface area (Å²) in [6, 6.07) is 8.04. The lowest BCUT2D eigenvalue weighted by molar-refractivity contribution is 0.460. The smallest absolute Gasteiger partial charge is 0.175 e. The molecule has 0 saturated heterocycles. The van der Waals surface area contributed by atoms with Crippen LogP contribution in [0.2, 0.25) is 5.02 Å². The molecule has 2 aromatic rings. The molecule has 1 aromatic heterocycles. The molecule has 0 amide bonds. The van der Waals surface area contributed by atoms with E-state index >= 15 is 0 Å². The number of halogens is 1. The van der Waals surface area contributed by atoms with E-state index in [1.807, 2.05) is 12.1 Å². The first kappa shape index (κ1) is 15.9. The monoisotopic (exact) mass is 307 g/mol. The highest BCUT2D eigenvalue weighted by molar-refractivity contribution is 6.30. The first-order chi connectivity index (χ1) is 10.2. The van der Waals surface area contributed by atoms with E-state index in [-0.39, 0.29) is 0 Å². The third kappa shape index (κ3) is 5.44. The molecule has 2 rings (SSSR count). The summed E-state index contributed by atoms with van der Waals surface area (Å²) < 4.78 is 0. The fraction of sp³-hybridized carbons (Fsp3) is 0.533. The van der Waals surface area contributed by atoms with Gasteiger partial charge in [-0.1, -0.05) is 30.7 Å². The first-order valence-electron chi connectivity index (χ1n) is 7.35. The van der Waals surface area contributed by atoms with Gasteiger partial charge < -0.3 is 5.32 Å². The Bertz CT molecular complexity index is 537. The zero-order valence-corrected chi connectivity index (χ0v) is 13.3. The Morgan fingerprint density at radius 3 is 2.62 bits per heavy atom. The fourth-order valence-electron chi connectivity index (χ4n) is 2.32. The molecule has 0 saturated carbocycles. The van der Waals surface area contributed by atoms with Crippen LogP contribution in [0.15, 0.2) is 24.3 Å². The van der Waals surface area contributed by atoms with E-state index in [1.165, 1.54) is 10.4 Å². The normalized spacial score (nSPS) is 12.5. The van der Waals surface area contributed by atoms with Gasteiger partial charge in [0.05, 0.1) is 7.05 Å². The molecular formula is C15H22ClN5. The summed E-state index contributed by atoms with van der Waals surface area (Å²) in [6.07, 6.45) is 2.94. The van der Waals surface area contributed by atoms with Crippen LogP contribution in [0.25, 0.3) is 0 Å². The number of aryl methyl sites for hydroxylation is 1. The van der Waals surface area contributed by atoms with E-state index in [2.05, 4.69) is 39.8 Å². The number of hydrogen-bond acceptors (Lipinski definition) is 4. The number of nitrogens with zero attached hydrogens (tertiary/aromatic N) is 4. The molecule has 6 heteroatoms. The van der Waals surface area contributed by atoms with Gasteiger partial charge in [-0.2, -0.15) is 4.80 Å². The van der Waals surface area contributed by atoms with Gasteiger partial charge in [0.15, 0.2) is 5.82 Å². The van der Waals surface area contributed by atoms with Crippen molar-refractivity contribution in [2.75, 3.05) is 13.1 Å². The number of rotatable bonds is 8. The van der Waals surface area contributed by atoms with Crippen molar-refractivity contribution in [3.63, 3.8) is 0 Å². The maximum absolute atomic E-state index is 5.94. The molecule has 0 aliphatic carbocycles. The third-order valence-electron chi connectivity index (χ3n) is 3.32. The molecule has 0 radical (unpaired) electrons.